The monoisotopic (exact) mass is 464 g/mol. The maximum Gasteiger partial charge on any atom is 0.257 e. The summed E-state index contributed by atoms with van der Waals surface area (Å²) in [7, 11) is 3.19. The third-order valence-corrected chi connectivity index (χ3v) is 5.66. The lowest BCUT2D eigenvalue weighted by Gasteiger charge is -2.12. The Hall–Kier alpha value is -4.04. The van der Waals surface area contributed by atoms with Gasteiger partial charge in [-0.2, -0.15) is 5.10 Å². The lowest BCUT2D eigenvalue weighted by molar-refractivity contribution is -0.117. The molecule has 0 saturated heterocycles. The van der Waals surface area contributed by atoms with Crippen LogP contribution in [-0.4, -0.2) is 36.2 Å². The van der Waals surface area contributed by atoms with Gasteiger partial charge in [-0.25, -0.2) is 0 Å². The molecule has 3 aromatic carbocycles. The number of halogens is 1. The van der Waals surface area contributed by atoms with Gasteiger partial charge in [0.1, 0.15) is 16.9 Å². The summed E-state index contributed by atoms with van der Waals surface area (Å²) >= 11 is 6.09. The van der Waals surface area contributed by atoms with E-state index in [-0.39, 0.29) is 5.56 Å². The molecular formula is C24H21ClN4O4. The molecule has 0 aliphatic carbocycles. The third kappa shape index (κ3) is 4.47. The number of hydrogen-bond donors (Lipinski definition) is 3. The van der Waals surface area contributed by atoms with E-state index >= 15 is 0 Å². The average molecular weight is 465 g/mol. The van der Waals surface area contributed by atoms with Crippen LogP contribution in [0.1, 0.15) is 21.3 Å². The van der Waals surface area contributed by atoms with E-state index < -0.39 is 17.2 Å². The number of benzene rings is 3. The number of alkyl halides is 1. The molecule has 4 aromatic rings. The van der Waals surface area contributed by atoms with E-state index in [0.717, 1.165) is 22.0 Å². The molecule has 4 N–H and O–H groups in total. The smallest absolute Gasteiger partial charge is 0.257 e. The minimum Gasteiger partial charge on any atom is -0.497 e. The number of fused-ring (bicyclic) bond motifs is 1. The third-order valence-electron chi connectivity index (χ3n) is 5.21. The van der Waals surface area contributed by atoms with Gasteiger partial charge in [0.15, 0.2) is 5.82 Å². The number of nitrogens with one attached hydrogen (secondary N) is 2. The summed E-state index contributed by atoms with van der Waals surface area (Å²) in [6.07, 6.45) is 0. The van der Waals surface area contributed by atoms with Gasteiger partial charge in [-0.05, 0) is 47.0 Å². The number of ether oxygens (including phenoxy) is 2. The molecule has 0 aliphatic heterocycles. The molecule has 1 unspecified atom stereocenters. The van der Waals surface area contributed by atoms with Gasteiger partial charge in [-0.1, -0.05) is 24.3 Å². The van der Waals surface area contributed by atoms with Gasteiger partial charge < -0.3 is 20.5 Å². The van der Waals surface area contributed by atoms with Crippen molar-refractivity contribution >= 4 is 40.1 Å². The van der Waals surface area contributed by atoms with E-state index in [1.165, 1.54) is 0 Å². The van der Waals surface area contributed by atoms with Crippen LogP contribution in [0.5, 0.6) is 11.5 Å². The van der Waals surface area contributed by atoms with Crippen molar-refractivity contribution in [3.63, 3.8) is 0 Å². The molecule has 0 saturated carbocycles. The van der Waals surface area contributed by atoms with Crippen LogP contribution in [0.4, 0.5) is 5.82 Å². The number of aromatic amines is 1. The molecule has 1 aromatic heterocycles. The molecule has 1 atom stereocenters. The molecule has 0 fully saturated rings. The van der Waals surface area contributed by atoms with Crippen LogP contribution in [0.3, 0.4) is 0 Å². The van der Waals surface area contributed by atoms with Gasteiger partial charge in [-0.15, -0.1) is 11.6 Å². The quantitative estimate of drug-likeness (QED) is 0.353. The molecule has 2 amide bonds. The van der Waals surface area contributed by atoms with Gasteiger partial charge in [0.05, 0.1) is 19.7 Å². The van der Waals surface area contributed by atoms with Crippen LogP contribution in [0, 0.1) is 0 Å². The zero-order valence-electron chi connectivity index (χ0n) is 17.9. The summed E-state index contributed by atoms with van der Waals surface area (Å²) < 4.78 is 10.7. The van der Waals surface area contributed by atoms with Crippen LogP contribution in [-0.2, 0) is 4.79 Å². The minimum absolute atomic E-state index is 0.243. The van der Waals surface area contributed by atoms with E-state index in [1.54, 1.807) is 44.6 Å². The second-order valence-electron chi connectivity index (χ2n) is 7.24. The van der Waals surface area contributed by atoms with E-state index in [1.807, 2.05) is 30.3 Å². The molecule has 1 heterocycles. The topological polar surface area (TPSA) is 119 Å². The minimum atomic E-state index is -1.12. The van der Waals surface area contributed by atoms with Gasteiger partial charge in [0.2, 0.25) is 5.91 Å². The standard InChI is InChI=1S/C24H21ClN4O4/c1-32-15-9-14(10-16(12-15)33-2)13-7-8-19-20(11-13)28-29-23(19)27-24(31)18-6-4-3-5-17(18)21(25)22(26)30/h3-12,21H,1-2H3,(H2,26,30)(H2,27,28,29,31). The van der Waals surface area contributed by atoms with Gasteiger partial charge >= 0.3 is 0 Å². The lowest BCUT2D eigenvalue weighted by atomic mass is 10.0. The van der Waals surface area contributed by atoms with Crippen LogP contribution < -0.4 is 20.5 Å². The van der Waals surface area contributed by atoms with Crippen LogP contribution >= 0.6 is 11.6 Å². The molecule has 8 nitrogen and oxygen atoms in total. The summed E-state index contributed by atoms with van der Waals surface area (Å²) in [5.74, 6) is 0.518. The number of rotatable bonds is 7. The second-order valence-corrected chi connectivity index (χ2v) is 7.68. The fourth-order valence-corrected chi connectivity index (χ4v) is 3.71. The average Bonchev–Trinajstić information content (AvgIpc) is 3.24. The summed E-state index contributed by atoms with van der Waals surface area (Å²) in [6, 6.07) is 17.8. The van der Waals surface area contributed by atoms with E-state index in [0.29, 0.717) is 22.9 Å². The largest absolute Gasteiger partial charge is 0.497 e. The first-order chi connectivity index (χ1) is 15.9. The molecule has 0 aliphatic rings. The predicted octanol–water partition coefficient (Wildman–Crippen LogP) is 4.26. The zero-order valence-corrected chi connectivity index (χ0v) is 18.6. The Kier molecular flexibility index (Phi) is 6.19. The van der Waals surface area contributed by atoms with Crippen molar-refractivity contribution in [2.24, 2.45) is 5.73 Å². The number of amides is 2. The highest BCUT2D eigenvalue weighted by Gasteiger charge is 2.22. The predicted molar refractivity (Wildman–Crippen MR) is 127 cm³/mol. The first-order valence-corrected chi connectivity index (χ1v) is 10.4. The summed E-state index contributed by atoms with van der Waals surface area (Å²) in [5, 5.41) is 9.56. The Morgan fingerprint density at radius 2 is 1.70 bits per heavy atom. The highest BCUT2D eigenvalue weighted by Crippen LogP contribution is 2.33. The van der Waals surface area contributed by atoms with Gasteiger partial charge in [0.25, 0.3) is 5.91 Å². The van der Waals surface area contributed by atoms with Crippen molar-refractivity contribution in [1.82, 2.24) is 10.2 Å². The number of aromatic nitrogens is 2. The van der Waals surface area contributed by atoms with Crippen molar-refractivity contribution < 1.29 is 19.1 Å². The Labute approximate surface area is 194 Å². The SMILES string of the molecule is COc1cc(OC)cc(-c2ccc3c(NC(=O)c4ccccc4C(Cl)C(N)=O)n[nH]c3c2)c1. The van der Waals surface area contributed by atoms with Crippen molar-refractivity contribution in [1.29, 1.82) is 0 Å². The molecule has 0 radical (unpaired) electrons. The fourth-order valence-electron chi connectivity index (χ4n) is 3.52. The maximum atomic E-state index is 12.9. The second kappa shape index (κ2) is 9.22. The summed E-state index contributed by atoms with van der Waals surface area (Å²) in [5.41, 5.74) is 8.43. The summed E-state index contributed by atoms with van der Waals surface area (Å²) in [6.45, 7) is 0. The molecule has 0 spiro atoms. The van der Waals surface area contributed by atoms with Gasteiger partial charge in [-0.3, -0.25) is 14.7 Å². The number of nitrogens with zero attached hydrogens (tertiary/aromatic N) is 1. The van der Waals surface area contributed by atoms with Crippen molar-refractivity contribution in [2.45, 2.75) is 5.38 Å². The Bertz CT molecular complexity index is 1330. The molecule has 168 valence electrons. The van der Waals surface area contributed by atoms with E-state index in [2.05, 4.69) is 15.5 Å². The number of primary amides is 1. The highest BCUT2D eigenvalue weighted by molar-refractivity contribution is 6.31. The first kappa shape index (κ1) is 22.2. The zero-order chi connectivity index (χ0) is 23.5. The lowest BCUT2D eigenvalue weighted by Crippen LogP contribution is -2.21. The number of anilines is 1. The number of carbonyl (C=O) groups is 2. The molecule has 9 heteroatoms. The first-order valence-electron chi connectivity index (χ1n) is 9.96. The number of hydrogen-bond acceptors (Lipinski definition) is 5. The van der Waals surface area contributed by atoms with Crippen molar-refractivity contribution in [3.05, 3.63) is 71.8 Å². The molecule has 4 rings (SSSR count). The van der Waals surface area contributed by atoms with Crippen molar-refractivity contribution in [3.8, 4) is 22.6 Å². The molecule has 33 heavy (non-hydrogen) atoms. The van der Waals surface area contributed by atoms with E-state index in [9.17, 15) is 9.59 Å². The van der Waals surface area contributed by atoms with Crippen LogP contribution in [0.2, 0.25) is 0 Å². The fraction of sp³-hybridized carbons (Fsp3) is 0.125. The van der Waals surface area contributed by atoms with E-state index in [4.69, 9.17) is 26.8 Å². The van der Waals surface area contributed by atoms with Crippen LogP contribution in [0.15, 0.2) is 60.7 Å². The highest BCUT2D eigenvalue weighted by atomic mass is 35.5. The Morgan fingerprint density at radius 3 is 2.36 bits per heavy atom. The van der Waals surface area contributed by atoms with Crippen LogP contribution in [0.25, 0.3) is 22.0 Å². The number of carbonyl (C=O) groups excluding carboxylic acids is 2. The Morgan fingerprint density at radius 1 is 1.00 bits per heavy atom. The van der Waals surface area contributed by atoms with Crippen molar-refractivity contribution in [2.75, 3.05) is 19.5 Å². The number of methoxy groups -OCH3 is 2. The van der Waals surface area contributed by atoms with Gasteiger partial charge in [0, 0.05) is 17.0 Å². The molecule has 0 bridgehead atoms. The summed E-state index contributed by atoms with van der Waals surface area (Å²) in [4.78, 5) is 24.5. The Balaban J connectivity index is 1.65. The molecular weight excluding hydrogens is 444 g/mol. The maximum absolute atomic E-state index is 12.9. The number of H-pyrrole nitrogens is 1. The normalized spacial score (nSPS) is 11.7. The number of nitrogens with two attached hydrogens (primary N) is 1.